The quantitative estimate of drug-likeness (QED) is 0.662. The second-order valence-corrected chi connectivity index (χ2v) is 5.02. The molecule has 0 aromatic carbocycles. The molecule has 2 heterocycles. The van der Waals surface area contributed by atoms with Crippen LogP contribution < -0.4 is 0 Å². The second-order valence-electron chi connectivity index (χ2n) is 4.64. The maximum atomic E-state index is 12.0. The number of aromatic nitrogens is 1. The zero-order valence-corrected chi connectivity index (χ0v) is 12.0. The first-order valence-corrected chi connectivity index (χ1v) is 6.98. The average molecular weight is 296 g/mol. The fraction of sp³-hybridized carbons (Fsp3) is 0.429. The number of carbonyl (C=O) groups is 1. The van der Waals surface area contributed by atoms with Crippen LogP contribution in [-0.4, -0.2) is 65.1 Å². The Bertz CT molecular complexity index is 485. The van der Waals surface area contributed by atoms with Gasteiger partial charge in [-0.1, -0.05) is 11.6 Å². The Morgan fingerprint density at radius 1 is 1.40 bits per heavy atom. The summed E-state index contributed by atoms with van der Waals surface area (Å²) < 4.78 is 0. The standard InChI is InChI=1S/C14H18ClN3O2/c15-13-11-12(3-4-16-13)1-2-14(20)18-7-5-17(6-8-18)9-10-19/h1-4,11,19H,5-10H2. The number of halogens is 1. The van der Waals surface area contributed by atoms with E-state index in [1.807, 2.05) is 4.90 Å². The first-order valence-electron chi connectivity index (χ1n) is 6.61. The van der Waals surface area contributed by atoms with Gasteiger partial charge in [0.2, 0.25) is 5.91 Å². The van der Waals surface area contributed by atoms with Gasteiger partial charge in [-0.15, -0.1) is 0 Å². The number of carbonyl (C=O) groups excluding carboxylic acids is 1. The Labute approximate surface area is 123 Å². The first-order chi connectivity index (χ1) is 9.69. The molecule has 0 atom stereocenters. The number of aliphatic hydroxyl groups is 1. The summed E-state index contributed by atoms with van der Waals surface area (Å²) in [5.74, 6) is 0.00147. The van der Waals surface area contributed by atoms with Crippen molar-refractivity contribution in [2.75, 3.05) is 39.3 Å². The van der Waals surface area contributed by atoms with Crippen LogP contribution in [-0.2, 0) is 4.79 Å². The minimum atomic E-state index is 0.00147. The van der Waals surface area contributed by atoms with Gasteiger partial charge < -0.3 is 10.0 Å². The van der Waals surface area contributed by atoms with Crippen LogP contribution in [0, 0.1) is 0 Å². The van der Waals surface area contributed by atoms with E-state index in [0.717, 1.165) is 18.7 Å². The molecule has 1 aliphatic rings. The third kappa shape index (κ3) is 4.30. The molecule has 20 heavy (non-hydrogen) atoms. The van der Waals surface area contributed by atoms with Crippen molar-refractivity contribution in [3.63, 3.8) is 0 Å². The molecule has 0 radical (unpaired) electrons. The molecule has 1 aliphatic heterocycles. The van der Waals surface area contributed by atoms with E-state index in [4.69, 9.17) is 16.7 Å². The number of rotatable bonds is 4. The highest BCUT2D eigenvalue weighted by Crippen LogP contribution is 2.09. The van der Waals surface area contributed by atoms with Crippen molar-refractivity contribution in [1.29, 1.82) is 0 Å². The summed E-state index contributed by atoms with van der Waals surface area (Å²) in [5.41, 5.74) is 0.859. The molecule has 5 nitrogen and oxygen atoms in total. The number of nitrogens with zero attached hydrogens (tertiary/aromatic N) is 3. The molecule has 0 saturated carbocycles. The zero-order chi connectivity index (χ0) is 14.4. The topological polar surface area (TPSA) is 56.7 Å². The van der Waals surface area contributed by atoms with E-state index in [2.05, 4.69) is 9.88 Å². The Morgan fingerprint density at radius 3 is 2.80 bits per heavy atom. The van der Waals surface area contributed by atoms with E-state index >= 15 is 0 Å². The third-order valence-electron chi connectivity index (χ3n) is 3.27. The van der Waals surface area contributed by atoms with Crippen molar-refractivity contribution in [2.45, 2.75) is 0 Å². The predicted molar refractivity (Wildman–Crippen MR) is 78.4 cm³/mol. The number of hydrogen-bond donors (Lipinski definition) is 1. The normalized spacial score (nSPS) is 16.8. The summed E-state index contributed by atoms with van der Waals surface area (Å²) in [6.45, 7) is 3.84. The molecular formula is C14H18ClN3O2. The Hall–Kier alpha value is -1.43. The van der Waals surface area contributed by atoms with Crippen molar-refractivity contribution in [2.24, 2.45) is 0 Å². The highest BCUT2D eigenvalue weighted by atomic mass is 35.5. The van der Waals surface area contributed by atoms with E-state index in [1.165, 1.54) is 0 Å². The molecule has 0 aliphatic carbocycles. The van der Waals surface area contributed by atoms with Gasteiger partial charge in [0, 0.05) is 45.0 Å². The smallest absolute Gasteiger partial charge is 0.246 e. The lowest BCUT2D eigenvalue weighted by Crippen LogP contribution is -2.48. The highest BCUT2D eigenvalue weighted by molar-refractivity contribution is 6.29. The molecule has 6 heteroatoms. The number of pyridine rings is 1. The summed E-state index contributed by atoms with van der Waals surface area (Å²) >= 11 is 5.79. The second kappa shape index (κ2) is 7.38. The Balaban J connectivity index is 1.86. The number of aliphatic hydroxyl groups excluding tert-OH is 1. The summed E-state index contributed by atoms with van der Waals surface area (Å²) in [7, 11) is 0. The lowest BCUT2D eigenvalue weighted by atomic mass is 10.2. The average Bonchev–Trinajstić information content (AvgIpc) is 2.46. The van der Waals surface area contributed by atoms with Crippen LogP contribution in [0.3, 0.4) is 0 Å². The van der Waals surface area contributed by atoms with Gasteiger partial charge >= 0.3 is 0 Å². The first kappa shape index (κ1) is 15.0. The summed E-state index contributed by atoms with van der Waals surface area (Å²) in [6.07, 6.45) is 4.92. The number of amides is 1. The predicted octanol–water partition coefficient (Wildman–Crippen LogP) is 0.885. The fourth-order valence-electron chi connectivity index (χ4n) is 2.13. The van der Waals surface area contributed by atoms with Crippen LogP contribution >= 0.6 is 11.6 Å². The van der Waals surface area contributed by atoms with Crippen LogP contribution in [0.2, 0.25) is 5.15 Å². The lowest BCUT2D eigenvalue weighted by molar-refractivity contribution is -0.127. The van der Waals surface area contributed by atoms with E-state index in [0.29, 0.717) is 24.8 Å². The minimum Gasteiger partial charge on any atom is -0.395 e. The van der Waals surface area contributed by atoms with Crippen molar-refractivity contribution in [1.82, 2.24) is 14.8 Å². The Morgan fingerprint density at radius 2 is 2.15 bits per heavy atom. The van der Waals surface area contributed by atoms with Gasteiger partial charge in [0.05, 0.1) is 6.61 Å². The van der Waals surface area contributed by atoms with Gasteiger partial charge in [-0.3, -0.25) is 9.69 Å². The summed E-state index contributed by atoms with van der Waals surface area (Å²) in [5, 5.41) is 9.29. The van der Waals surface area contributed by atoms with E-state index < -0.39 is 0 Å². The van der Waals surface area contributed by atoms with Gasteiger partial charge in [-0.05, 0) is 23.8 Å². The third-order valence-corrected chi connectivity index (χ3v) is 3.48. The van der Waals surface area contributed by atoms with Crippen LogP contribution in [0.15, 0.2) is 24.4 Å². The van der Waals surface area contributed by atoms with Crippen LogP contribution in [0.1, 0.15) is 5.56 Å². The van der Waals surface area contributed by atoms with Gasteiger partial charge in [-0.25, -0.2) is 4.98 Å². The van der Waals surface area contributed by atoms with Crippen LogP contribution in [0.25, 0.3) is 6.08 Å². The zero-order valence-electron chi connectivity index (χ0n) is 11.2. The Kier molecular flexibility index (Phi) is 5.52. The minimum absolute atomic E-state index is 0.00147. The van der Waals surface area contributed by atoms with Crippen molar-refractivity contribution >= 4 is 23.6 Å². The maximum absolute atomic E-state index is 12.0. The van der Waals surface area contributed by atoms with Gasteiger partial charge in [0.1, 0.15) is 5.15 Å². The molecule has 1 N–H and O–H groups in total. The maximum Gasteiger partial charge on any atom is 0.246 e. The molecule has 1 saturated heterocycles. The van der Waals surface area contributed by atoms with Gasteiger partial charge in [0.15, 0.2) is 0 Å². The highest BCUT2D eigenvalue weighted by Gasteiger charge is 2.18. The largest absolute Gasteiger partial charge is 0.395 e. The molecule has 0 unspecified atom stereocenters. The molecule has 1 fully saturated rings. The monoisotopic (exact) mass is 295 g/mol. The molecular weight excluding hydrogens is 278 g/mol. The number of β-amino-alcohol motifs (C(OH)–C–C–N with tert-alkyl or cyclic N) is 1. The van der Waals surface area contributed by atoms with Gasteiger partial charge in [0.25, 0.3) is 0 Å². The van der Waals surface area contributed by atoms with Crippen LogP contribution in [0.5, 0.6) is 0 Å². The molecule has 1 amide bonds. The number of piperazine rings is 1. The molecule has 1 aromatic rings. The molecule has 1 aromatic heterocycles. The molecule has 2 rings (SSSR count). The summed E-state index contributed by atoms with van der Waals surface area (Å²) in [6, 6.07) is 3.51. The fourth-order valence-corrected chi connectivity index (χ4v) is 2.31. The molecule has 0 spiro atoms. The van der Waals surface area contributed by atoms with E-state index in [9.17, 15) is 4.79 Å². The van der Waals surface area contributed by atoms with Crippen molar-refractivity contribution in [3.8, 4) is 0 Å². The number of hydrogen-bond acceptors (Lipinski definition) is 4. The van der Waals surface area contributed by atoms with E-state index in [1.54, 1.807) is 30.5 Å². The lowest BCUT2D eigenvalue weighted by Gasteiger charge is -2.33. The molecule has 0 bridgehead atoms. The summed E-state index contributed by atoms with van der Waals surface area (Å²) in [4.78, 5) is 19.9. The molecule has 108 valence electrons. The van der Waals surface area contributed by atoms with Crippen LogP contribution in [0.4, 0.5) is 0 Å². The van der Waals surface area contributed by atoms with Crippen molar-refractivity contribution < 1.29 is 9.90 Å². The SMILES string of the molecule is O=C(C=Cc1ccnc(Cl)c1)N1CCN(CCO)CC1. The van der Waals surface area contributed by atoms with Crippen molar-refractivity contribution in [3.05, 3.63) is 35.1 Å². The van der Waals surface area contributed by atoms with E-state index in [-0.39, 0.29) is 12.5 Å². The van der Waals surface area contributed by atoms with Gasteiger partial charge in [-0.2, -0.15) is 0 Å².